The maximum Gasteiger partial charge on any atom is 0.258 e. The first kappa shape index (κ1) is 15.6. The molecule has 2 rings (SSSR count). The predicted molar refractivity (Wildman–Crippen MR) is 84.6 cm³/mol. The van der Waals surface area contributed by atoms with Gasteiger partial charge in [-0.15, -0.1) is 0 Å². The molecule has 0 fully saturated rings. The van der Waals surface area contributed by atoms with Crippen molar-refractivity contribution in [1.29, 1.82) is 0 Å². The Morgan fingerprint density at radius 2 is 2.29 bits per heavy atom. The van der Waals surface area contributed by atoms with Crippen molar-refractivity contribution in [2.24, 2.45) is 0 Å². The quantitative estimate of drug-likeness (QED) is 0.789. The van der Waals surface area contributed by atoms with Crippen LogP contribution in [-0.2, 0) is 4.79 Å². The van der Waals surface area contributed by atoms with Crippen LogP contribution in [0, 0.1) is 0 Å². The van der Waals surface area contributed by atoms with Crippen LogP contribution in [0.2, 0.25) is 0 Å². The molecule has 0 radical (unpaired) electrons. The van der Waals surface area contributed by atoms with Gasteiger partial charge in [0, 0.05) is 13.1 Å². The summed E-state index contributed by atoms with van der Waals surface area (Å²) in [6.07, 6.45) is 3.13. The number of carbonyl (C=O) groups is 1. The van der Waals surface area contributed by atoms with Crippen molar-refractivity contribution in [3.05, 3.63) is 41.5 Å². The van der Waals surface area contributed by atoms with E-state index in [1.165, 1.54) is 11.1 Å². The fraction of sp³-hybridized carbons (Fsp3) is 0.471. The van der Waals surface area contributed by atoms with Crippen molar-refractivity contribution < 1.29 is 9.53 Å². The molecule has 1 aliphatic heterocycles. The molecule has 0 atom stereocenters. The van der Waals surface area contributed by atoms with Gasteiger partial charge in [0.1, 0.15) is 5.75 Å². The number of nitrogens with one attached hydrogen (secondary N) is 2. The Hall–Kier alpha value is -1.81. The summed E-state index contributed by atoms with van der Waals surface area (Å²) in [7, 11) is 0. The molecule has 0 bridgehead atoms. The first-order valence-electron chi connectivity index (χ1n) is 7.53. The Balaban J connectivity index is 1.75. The maximum absolute atomic E-state index is 11.8. The first-order valence-corrected chi connectivity index (χ1v) is 7.53. The van der Waals surface area contributed by atoms with Gasteiger partial charge in [0.25, 0.3) is 5.91 Å². The van der Waals surface area contributed by atoms with Gasteiger partial charge in [0.2, 0.25) is 0 Å². The van der Waals surface area contributed by atoms with E-state index in [0.717, 1.165) is 25.3 Å². The van der Waals surface area contributed by atoms with E-state index in [4.69, 9.17) is 4.74 Å². The van der Waals surface area contributed by atoms with Crippen LogP contribution in [0.15, 0.2) is 35.9 Å². The average molecular weight is 288 g/mol. The number of carbonyl (C=O) groups excluding carboxylic acids is 1. The van der Waals surface area contributed by atoms with Gasteiger partial charge >= 0.3 is 0 Å². The molecule has 0 spiro atoms. The zero-order valence-electron chi connectivity index (χ0n) is 12.8. The molecule has 4 heteroatoms. The fourth-order valence-electron chi connectivity index (χ4n) is 2.21. The van der Waals surface area contributed by atoms with Gasteiger partial charge in [-0.2, -0.15) is 0 Å². The molecule has 1 aliphatic rings. The largest absolute Gasteiger partial charge is 0.484 e. The average Bonchev–Trinajstić information content (AvgIpc) is 2.52. The summed E-state index contributed by atoms with van der Waals surface area (Å²) in [6, 6.07) is 7.91. The second kappa shape index (κ2) is 7.84. The first-order chi connectivity index (χ1) is 10.1. The zero-order chi connectivity index (χ0) is 15.1. The minimum Gasteiger partial charge on any atom is -0.484 e. The number of ether oxygens (including phenoxy) is 1. The predicted octanol–water partition coefficient (Wildman–Crippen LogP) is 2.22. The van der Waals surface area contributed by atoms with Crippen molar-refractivity contribution in [3.63, 3.8) is 0 Å². The summed E-state index contributed by atoms with van der Waals surface area (Å²) in [5, 5.41) is 6.15. The summed E-state index contributed by atoms with van der Waals surface area (Å²) in [6.45, 7) is 6.84. The SMILES string of the molecule is CC(C)c1cccc(OCC(=O)NCC2=CCNCC2)c1. The monoisotopic (exact) mass is 288 g/mol. The van der Waals surface area contributed by atoms with Crippen LogP contribution in [-0.4, -0.2) is 32.1 Å². The van der Waals surface area contributed by atoms with Gasteiger partial charge in [-0.3, -0.25) is 4.79 Å². The highest BCUT2D eigenvalue weighted by Crippen LogP contribution is 2.19. The molecule has 0 aromatic heterocycles. The molecule has 0 saturated heterocycles. The highest BCUT2D eigenvalue weighted by Gasteiger charge is 2.07. The molecule has 21 heavy (non-hydrogen) atoms. The molecular formula is C17H24N2O2. The highest BCUT2D eigenvalue weighted by atomic mass is 16.5. The van der Waals surface area contributed by atoms with Crippen LogP contribution in [0.1, 0.15) is 31.7 Å². The Labute approximate surface area is 126 Å². The molecule has 1 amide bonds. The number of hydrogen-bond acceptors (Lipinski definition) is 3. The fourth-order valence-corrected chi connectivity index (χ4v) is 2.21. The van der Waals surface area contributed by atoms with Crippen molar-refractivity contribution in [2.75, 3.05) is 26.2 Å². The lowest BCUT2D eigenvalue weighted by Crippen LogP contribution is -2.32. The van der Waals surface area contributed by atoms with Gasteiger partial charge in [-0.1, -0.05) is 37.6 Å². The van der Waals surface area contributed by atoms with E-state index in [-0.39, 0.29) is 12.5 Å². The normalized spacial score (nSPS) is 14.7. The van der Waals surface area contributed by atoms with Crippen LogP contribution >= 0.6 is 0 Å². The third-order valence-electron chi connectivity index (χ3n) is 3.57. The molecule has 0 unspecified atom stereocenters. The second-order valence-electron chi connectivity index (χ2n) is 5.61. The Morgan fingerprint density at radius 3 is 3.00 bits per heavy atom. The molecule has 114 valence electrons. The Bertz CT molecular complexity index is 509. The van der Waals surface area contributed by atoms with E-state index in [1.54, 1.807) is 0 Å². The van der Waals surface area contributed by atoms with E-state index in [1.807, 2.05) is 18.2 Å². The zero-order valence-corrected chi connectivity index (χ0v) is 12.8. The Kier molecular flexibility index (Phi) is 5.81. The van der Waals surface area contributed by atoms with Gasteiger partial charge in [-0.25, -0.2) is 0 Å². The minimum absolute atomic E-state index is 0.0626. The third kappa shape index (κ3) is 5.23. The van der Waals surface area contributed by atoms with E-state index >= 15 is 0 Å². The summed E-state index contributed by atoms with van der Waals surface area (Å²) in [5.74, 6) is 1.12. The third-order valence-corrected chi connectivity index (χ3v) is 3.57. The molecule has 0 saturated carbocycles. The van der Waals surface area contributed by atoms with E-state index < -0.39 is 0 Å². The maximum atomic E-state index is 11.8. The lowest BCUT2D eigenvalue weighted by Gasteiger charge is -2.15. The van der Waals surface area contributed by atoms with Crippen molar-refractivity contribution in [1.82, 2.24) is 10.6 Å². The molecule has 2 N–H and O–H groups in total. The Morgan fingerprint density at radius 1 is 1.43 bits per heavy atom. The smallest absolute Gasteiger partial charge is 0.258 e. The summed E-state index contributed by atoms with van der Waals surface area (Å²) >= 11 is 0. The topological polar surface area (TPSA) is 50.4 Å². The van der Waals surface area contributed by atoms with Crippen molar-refractivity contribution in [3.8, 4) is 5.75 Å². The van der Waals surface area contributed by atoms with Gasteiger partial charge in [0.05, 0.1) is 0 Å². The van der Waals surface area contributed by atoms with Gasteiger partial charge in [0.15, 0.2) is 6.61 Å². The number of benzene rings is 1. The molecule has 0 aliphatic carbocycles. The van der Waals surface area contributed by atoms with Crippen molar-refractivity contribution in [2.45, 2.75) is 26.2 Å². The van der Waals surface area contributed by atoms with E-state index in [9.17, 15) is 4.79 Å². The van der Waals surface area contributed by atoms with Gasteiger partial charge in [-0.05, 0) is 36.6 Å². The lowest BCUT2D eigenvalue weighted by molar-refractivity contribution is -0.122. The number of rotatable bonds is 6. The highest BCUT2D eigenvalue weighted by molar-refractivity contribution is 5.77. The minimum atomic E-state index is -0.0793. The summed E-state index contributed by atoms with van der Waals surface area (Å²) < 4.78 is 5.55. The molecular weight excluding hydrogens is 264 g/mol. The number of amides is 1. The van der Waals surface area contributed by atoms with Crippen LogP contribution in [0.3, 0.4) is 0 Å². The molecule has 4 nitrogen and oxygen atoms in total. The standard InChI is InChI=1S/C17H24N2O2/c1-13(2)15-4-3-5-16(10-15)21-12-17(20)19-11-14-6-8-18-9-7-14/h3-6,10,13,18H,7-9,11-12H2,1-2H3,(H,19,20). The lowest BCUT2D eigenvalue weighted by atomic mass is 10.0. The molecule has 1 aromatic rings. The van der Waals surface area contributed by atoms with Crippen LogP contribution in [0.25, 0.3) is 0 Å². The van der Waals surface area contributed by atoms with E-state index in [0.29, 0.717) is 12.5 Å². The van der Waals surface area contributed by atoms with Crippen LogP contribution in [0.4, 0.5) is 0 Å². The number of hydrogen-bond donors (Lipinski definition) is 2. The molecule has 1 aromatic carbocycles. The molecule has 1 heterocycles. The second-order valence-corrected chi connectivity index (χ2v) is 5.61. The van der Waals surface area contributed by atoms with E-state index in [2.05, 4.69) is 36.6 Å². The summed E-state index contributed by atoms with van der Waals surface area (Å²) in [4.78, 5) is 11.8. The van der Waals surface area contributed by atoms with Gasteiger partial charge < -0.3 is 15.4 Å². The van der Waals surface area contributed by atoms with Crippen LogP contribution < -0.4 is 15.4 Å². The summed E-state index contributed by atoms with van der Waals surface area (Å²) in [5.41, 5.74) is 2.50. The van der Waals surface area contributed by atoms with Crippen LogP contribution in [0.5, 0.6) is 5.75 Å². The van der Waals surface area contributed by atoms with Crippen molar-refractivity contribution >= 4 is 5.91 Å².